The summed E-state index contributed by atoms with van der Waals surface area (Å²) in [6, 6.07) is 9.41. The minimum Gasteiger partial charge on any atom is -0.357 e. The molecule has 0 saturated carbocycles. The molecular formula is C19H20N4O3S. The van der Waals surface area contributed by atoms with Crippen LogP contribution in [0.2, 0.25) is 0 Å². The molecule has 1 aliphatic heterocycles. The smallest absolute Gasteiger partial charge is 0.255 e. The van der Waals surface area contributed by atoms with Gasteiger partial charge in [0.2, 0.25) is 10.0 Å². The maximum absolute atomic E-state index is 12.5. The van der Waals surface area contributed by atoms with Gasteiger partial charge >= 0.3 is 0 Å². The highest BCUT2D eigenvalue weighted by Crippen LogP contribution is 2.20. The monoisotopic (exact) mass is 384 g/mol. The lowest BCUT2D eigenvalue weighted by Crippen LogP contribution is -2.24. The molecule has 0 bridgehead atoms. The molecule has 0 atom stereocenters. The van der Waals surface area contributed by atoms with Gasteiger partial charge in [0, 0.05) is 18.7 Å². The van der Waals surface area contributed by atoms with Gasteiger partial charge in [-0.05, 0) is 43.2 Å². The fraction of sp³-hybridized carbons (Fsp3) is 0.263. The first kappa shape index (κ1) is 18.9. The predicted octanol–water partition coefficient (Wildman–Crippen LogP) is 1.85. The average Bonchev–Trinajstić information content (AvgIpc) is 3.22. The van der Waals surface area contributed by atoms with Crippen LogP contribution < -0.4 is 14.9 Å². The highest BCUT2D eigenvalue weighted by atomic mass is 32.2. The fourth-order valence-corrected chi connectivity index (χ4v) is 3.80. The van der Waals surface area contributed by atoms with Crippen LogP contribution in [0.5, 0.6) is 0 Å². The molecule has 0 radical (unpaired) electrons. The molecule has 0 unspecified atom stereocenters. The number of anilines is 2. The van der Waals surface area contributed by atoms with Crippen LogP contribution in [-0.2, 0) is 10.0 Å². The summed E-state index contributed by atoms with van der Waals surface area (Å²) in [5.41, 5.74) is 0.767. The average molecular weight is 384 g/mol. The molecule has 0 spiro atoms. The number of hydrogen-bond donors (Lipinski definition) is 2. The lowest BCUT2D eigenvalue weighted by atomic mass is 10.2. The van der Waals surface area contributed by atoms with Crippen LogP contribution in [0.15, 0.2) is 47.5 Å². The maximum Gasteiger partial charge on any atom is 0.255 e. The molecule has 8 heteroatoms. The van der Waals surface area contributed by atoms with Crippen LogP contribution in [0, 0.1) is 12.3 Å². The zero-order chi connectivity index (χ0) is 19.3. The van der Waals surface area contributed by atoms with E-state index in [4.69, 9.17) is 6.42 Å². The number of carbonyl (C=O) groups is 1. The van der Waals surface area contributed by atoms with E-state index in [1.807, 2.05) is 6.07 Å². The molecule has 27 heavy (non-hydrogen) atoms. The van der Waals surface area contributed by atoms with Gasteiger partial charge in [0.15, 0.2) is 0 Å². The number of terminal acetylenes is 1. The highest BCUT2D eigenvalue weighted by Gasteiger charge is 2.16. The lowest BCUT2D eigenvalue weighted by molar-refractivity contribution is 0.102. The van der Waals surface area contributed by atoms with Crippen LogP contribution >= 0.6 is 0 Å². The second kappa shape index (κ2) is 8.20. The largest absolute Gasteiger partial charge is 0.357 e. The number of nitrogens with one attached hydrogen (secondary N) is 2. The standard InChI is InChI=1S/C19H20N4O3S/c1-2-10-21-27(25,26)17-7-5-6-15(13-17)19(24)22-16-8-9-18(20-14-16)23-11-3-4-12-23/h1,5-9,13-14,21H,3-4,10-12H2,(H,22,24). The quantitative estimate of drug-likeness (QED) is 0.742. The van der Waals surface area contributed by atoms with Crippen molar-refractivity contribution < 1.29 is 13.2 Å². The Bertz CT molecular complexity index is 959. The first-order valence-corrected chi connectivity index (χ1v) is 10.0. The van der Waals surface area contributed by atoms with E-state index in [9.17, 15) is 13.2 Å². The van der Waals surface area contributed by atoms with Crippen LogP contribution in [0.1, 0.15) is 23.2 Å². The third-order valence-electron chi connectivity index (χ3n) is 4.21. The van der Waals surface area contributed by atoms with Gasteiger partial charge in [0.05, 0.1) is 23.3 Å². The molecule has 1 amide bonds. The Kier molecular flexibility index (Phi) is 5.74. The van der Waals surface area contributed by atoms with Gasteiger partial charge < -0.3 is 10.2 Å². The third kappa shape index (κ3) is 4.64. The Labute approximate surface area is 158 Å². The summed E-state index contributed by atoms with van der Waals surface area (Å²) in [7, 11) is -3.76. The highest BCUT2D eigenvalue weighted by molar-refractivity contribution is 7.89. The van der Waals surface area contributed by atoms with Gasteiger partial charge in [-0.2, -0.15) is 4.72 Å². The van der Waals surface area contributed by atoms with Crippen LogP contribution in [0.4, 0.5) is 11.5 Å². The van der Waals surface area contributed by atoms with E-state index in [0.29, 0.717) is 5.69 Å². The van der Waals surface area contributed by atoms with Gasteiger partial charge in [0.25, 0.3) is 5.91 Å². The summed E-state index contributed by atoms with van der Waals surface area (Å²) in [6.45, 7) is 1.87. The van der Waals surface area contributed by atoms with Gasteiger partial charge in [0.1, 0.15) is 5.82 Å². The number of benzene rings is 1. The van der Waals surface area contributed by atoms with Crippen molar-refractivity contribution in [1.29, 1.82) is 0 Å². The Morgan fingerprint density at radius 3 is 2.67 bits per heavy atom. The van der Waals surface area contributed by atoms with E-state index in [0.717, 1.165) is 31.7 Å². The molecule has 1 fully saturated rings. The fourth-order valence-electron chi connectivity index (χ4n) is 2.82. The first-order valence-electron chi connectivity index (χ1n) is 8.55. The van der Waals surface area contributed by atoms with E-state index in [-0.39, 0.29) is 17.0 Å². The number of amides is 1. The predicted molar refractivity (Wildman–Crippen MR) is 104 cm³/mol. The molecule has 1 aromatic heterocycles. The summed E-state index contributed by atoms with van der Waals surface area (Å²) < 4.78 is 26.5. The zero-order valence-corrected chi connectivity index (χ0v) is 15.5. The van der Waals surface area contributed by atoms with Crippen LogP contribution in [-0.4, -0.2) is 38.9 Å². The summed E-state index contributed by atoms with van der Waals surface area (Å²) in [5.74, 6) is 2.68. The molecular weight excluding hydrogens is 364 g/mol. The lowest BCUT2D eigenvalue weighted by Gasteiger charge is -2.16. The minimum atomic E-state index is -3.76. The summed E-state index contributed by atoms with van der Waals surface area (Å²) in [5, 5.41) is 2.73. The van der Waals surface area contributed by atoms with E-state index in [2.05, 4.69) is 25.8 Å². The SMILES string of the molecule is C#CCNS(=O)(=O)c1cccc(C(=O)Nc2ccc(N3CCCC3)nc2)c1. The topological polar surface area (TPSA) is 91.4 Å². The van der Waals surface area contributed by atoms with Crippen molar-refractivity contribution in [3.05, 3.63) is 48.2 Å². The van der Waals surface area contributed by atoms with Crippen molar-refractivity contribution in [2.45, 2.75) is 17.7 Å². The van der Waals surface area contributed by atoms with Crippen molar-refractivity contribution in [2.75, 3.05) is 29.9 Å². The summed E-state index contributed by atoms with van der Waals surface area (Å²) in [4.78, 5) is 19.0. The van der Waals surface area contributed by atoms with Crippen molar-refractivity contribution in [1.82, 2.24) is 9.71 Å². The van der Waals surface area contributed by atoms with Crippen molar-refractivity contribution >= 4 is 27.4 Å². The number of hydrogen-bond acceptors (Lipinski definition) is 5. The van der Waals surface area contributed by atoms with E-state index in [1.165, 1.54) is 18.2 Å². The third-order valence-corrected chi connectivity index (χ3v) is 5.61. The van der Waals surface area contributed by atoms with Gasteiger partial charge in [-0.25, -0.2) is 13.4 Å². The van der Waals surface area contributed by atoms with E-state index in [1.54, 1.807) is 18.3 Å². The molecule has 1 aliphatic rings. The zero-order valence-electron chi connectivity index (χ0n) is 14.7. The first-order chi connectivity index (χ1) is 13.0. The molecule has 1 aromatic carbocycles. The number of pyridine rings is 1. The van der Waals surface area contributed by atoms with E-state index >= 15 is 0 Å². The summed E-state index contributed by atoms with van der Waals surface area (Å²) in [6.07, 6.45) is 9.00. The number of sulfonamides is 1. The normalized spacial score (nSPS) is 14.0. The number of rotatable bonds is 6. The molecule has 3 rings (SSSR count). The molecule has 2 heterocycles. The van der Waals surface area contributed by atoms with Crippen molar-refractivity contribution in [3.63, 3.8) is 0 Å². The Morgan fingerprint density at radius 1 is 1.22 bits per heavy atom. The molecule has 1 saturated heterocycles. The van der Waals surface area contributed by atoms with Gasteiger partial charge in [-0.3, -0.25) is 4.79 Å². The van der Waals surface area contributed by atoms with Crippen molar-refractivity contribution in [2.24, 2.45) is 0 Å². The van der Waals surface area contributed by atoms with Crippen LogP contribution in [0.3, 0.4) is 0 Å². The molecule has 140 valence electrons. The number of carbonyl (C=O) groups excluding carboxylic acids is 1. The second-order valence-corrected chi connectivity index (χ2v) is 7.88. The second-order valence-electron chi connectivity index (χ2n) is 6.11. The minimum absolute atomic E-state index is 0.0205. The Hall–Kier alpha value is -2.89. The van der Waals surface area contributed by atoms with E-state index < -0.39 is 15.9 Å². The molecule has 2 N–H and O–H groups in total. The molecule has 7 nitrogen and oxygen atoms in total. The van der Waals surface area contributed by atoms with Crippen molar-refractivity contribution in [3.8, 4) is 12.3 Å². The Balaban J connectivity index is 1.71. The molecule has 2 aromatic rings. The van der Waals surface area contributed by atoms with Crippen LogP contribution in [0.25, 0.3) is 0 Å². The number of aromatic nitrogens is 1. The molecule has 0 aliphatic carbocycles. The van der Waals surface area contributed by atoms with Gasteiger partial charge in [-0.1, -0.05) is 12.0 Å². The summed E-state index contributed by atoms with van der Waals surface area (Å²) >= 11 is 0. The van der Waals surface area contributed by atoms with Gasteiger partial charge in [-0.15, -0.1) is 6.42 Å². The Morgan fingerprint density at radius 2 is 2.00 bits per heavy atom. The number of nitrogens with zero attached hydrogens (tertiary/aromatic N) is 2. The maximum atomic E-state index is 12.5.